The van der Waals surface area contributed by atoms with Gasteiger partial charge in [-0.15, -0.1) is 11.5 Å². The Morgan fingerprint density at radius 3 is 1.74 bits per heavy atom. The quantitative estimate of drug-likeness (QED) is 0.261. The summed E-state index contributed by atoms with van der Waals surface area (Å²) in [6.45, 7) is 9.32. The fourth-order valence-electron chi connectivity index (χ4n) is 4.66. The fourth-order valence-corrected chi connectivity index (χ4v) is 9.21. The second kappa shape index (κ2) is 8.58. The molecule has 0 bridgehead atoms. The molecular weight excluding hydrogens is 388 g/mol. The summed E-state index contributed by atoms with van der Waals surface area (Å²) in [6.07, 6.45) is 0. The molecule has 0 heterocycles. The molecule has 0 saturated heterocycles. The van der Waals surface area contributed by atoms with Crippen LogP contribution in [0, 0.1) is 11.5 Å². The second-order valence-corrected chi connectivity index (χ2v) is 13.7. The summed E-state index contributed by atoms with van der Waals surface area (Å²) in [7, 11) is -2.37. The van der Waals surface area contributed by atoms with Gasteiger partial charge >= 0.3 is 0 Å². The molecule has 1 heteroatoms. The molecule has 0 saturated carbocycles. The van der Waals surface area contributed by atoms with E-state index in [4.69, 9.17) is 0 Å². The lowest BCUT2D eigenvalue weighted by atomic mass is 9.95. The van der Waals surface area contributed by atoms with Crippen molar-refractivity contribution in [2.75, 3.05) is 0 Å². The minimum atomic E-state index is -2.37. The molecule has 4 aromatic carbocycles. The SMILES string of the molecule is CC(C#C[Si](c1ccccc1)(c1ccccc1)C(C)(C)C)c1cccc2ccccc12. The van der Waals surface area contributed by atoms with Crippen molar-refractivity contribution in [2.45, 2.75) is 38.7 Å². The van der Waals surface area contributed by atoms with Gasteiger partial charge in [-0.3, -0.25) is 0 Å². The Bertz CT molecular complexity index is 1180. The van der Waals surface area contributed by atoms with Gasteiger partial charge < -0.3 is 0 Å². The zero-order valence-electron chi connectivity index (χ0n) is 18.9. The van der Waals surface area contributed by atoms with Crippen LogP contribution in [-0.4, -0.2) is 8.07 Å². The van der Waals surface area contributed by atoms with Crippen molar-refractivity contribution in [3.05, 3.63) is 109 Å². The molecule has 0 fully saturated rings. The zero-order chi connectivity index (χ0) is 21.9. The van der Waals surface area contributed by atoms with E-state index in [-0.39, 0.29) is 11.0 Å². The van der Waals surface area contributed by atoms with Crippen LogP contribution in [-0.2, 0) is 0 Å². The summed E-state index contributed by atoms with van der Waals surface area (Å²) in [5.74, 6) is 3.91. The Kier molecular flexibility index (Phi) is 5.85. The van der Waals surface area contributed by atoms with Gasteiger partial charge in [0.15, 0.2) is 0 Å². The Morgan fingerprint density at radius 2 is 1.16 bits per heavy atom. The Morgan fingerprint density at radius 1 is 0.645 bits per heavy atom. The van der Waals surface area contributed by atoms with E-state index in [9.17, 15) is 0 Å². The fraction of sp³-hybridized carbons (Fsp3) is 0.200. The summed E-state index contributed by atoms with van der Waals surface area (Å²) < 4.78 is 0. The molecule has 1 atom stereocenters. The Labute approximate surface area is 188 Å². The molecule has 0 radical (unpaired) electrons. The number of benzene rings is 4. The lowest BCUT2D eigenvalue weighted by molar-refractivity contribution is 0.740. The summed E-state index contributed by atoms with van der Waals surface area (Å²) >= 11 is 0. The van der Waals surface area contributed by atoms with Crippen LogP contribution in [0.4, 0.5) is 0 Å². The van der Waals surface area contributed by atoms with Crippen LogP contribution in [0.5, 0.6) is 0 Å². The van der Waals surface area contributed by atoms with Gasteiger partial charge in [0.2, 0.25) is 8.07 Å². The van der Waals surface area contributed by atoms with E-state index >= 15 is 0 Å². The van der Waals surface area contributed by atoms with Gasteiger partial charge in [-0.25, -0.2) is 0 Å². The molecule has 0 N–H and O–H groups in total. The second-order valence-electron chi connectivity index (χ2n) is 9.29. The third kappa shape index (κ3) is 3.97. The van der Waals surface area contributed by atoms with Gasteiger partial charge in [-0.1, -0.05) is 124 Å². The molecule has 0 aliphatic heterocycles. The van der Waals surface area contributed by atoms with Crippen molar-refractivity contribution in [3.8, 4) is 11.5 Å². The standard InChI is InChI=1S/C30H30Si/c1-24(28-21-13-15-25-14-11-12-20-29(25)28)22-23-31(30(2,3)4,26-16-7-5-8-17-26)27-18-9-6-10-19-27/h5-21,24H,1-4H3. The topological polar surface area (TPSA) is 0 Å². The van der Waals surface area contributed by atoms with Gasteiger partial charge in [0, 0.05) is 5.92 Å². The van der Waals surface area contributed by atoms with Crippen molar-refractivity contribution in [3.63, 3.8) is 0 Å². The maximum Gasteiger partial charge on any atom is 0.204 e. The summed E-state index contributed by atoms with van der Waals surface area (Å²) in [4.78, 5) is 0. The molecule has 4 rings (SSSR count). The first-order chi connectivity index (χ1) is 14.9. The lowest BCUT2D eigenvalue weighted by Crippen LogP contribution is -2.63. The number of fused-ring (bicyclic) bond motifs is 1. The molecule has 4 aromatic rings. The zero-order valence-corrected chi connectivity index (χ0v) is 19.9. The first-order valence-electron chi connectivity index (χ1n) is 11.0. The monoisotopic (exact) mass is 418 g/mol. The average Bonchev–Trinajstić information content (AvgIpc) is 2.79. The van der Waals surface area contributed by atoms with E-state index in [1.165, 1.54) is 26.7 Å². The van der Waals surface area contributed by atoms with Crippen LogP contribution in [0.15, 0.2) is 103 Å². The molecule has 1 unspecified atom stereocenters. The van der Waals surface area contributed by atoms with Gasteiger partial charge in [-0.2, -0.15) is 0 Å². The van der Waals surface area contributed by atoms with Crippen LogP contribution in [0.25, 0.3) is 10.8 Å². The summed E-state index contributed by atoms with van der Waals surface area (Å²) in [5.41, 5.74) is 5.27. The highest BCUT2D eigenvalue weighted by Crippen LogP contribution is 2.36. The average molecular weight is 419 g/mol. The molecule has 0 aliphatic carbocycles. The van der Waals surface area contributed by atoms with Crippen molar-refractivity contribution in [2.24, 2.45) is 0 Å². The minimum absolute atomic E-state index is 0.0428. The van der Waals surface area contributed by atoms with Gasteiger partial charge in [-0.05, 0) is 38.7 Å². The number of hydrogen-bond acceptors (Lipinski definition) is 0. The number of rotatable bonds is 3. The highest BCUT2D eigenvalue weighted by molar-refractivity contribution is 7.10. The smallest absolute Gasteiger partial charge is 0.119 e. The largest absolute Gasteiger partial charge is 0.204 e. The van der Waals surface area contributed by atoms with Crippen LogP contribution < -0.4 is 10.4 Å². The molecule has 0 amide bonds. The maximum atomic E-state index is 3.96. The molecular formula is C30H30Si. The highest BCUT2D eigenvalue weighted by Gasteiger charge is 2.47. The first kappa shape index (κ1) is 21.2. The molecule has 0 aliphatic rings. The predicted octanol–water partition coefficient (Wildman–Crippen LogP) is 6.55. The normalized spacial score (nSPS) is 12.8. The van der Waals surface area contributed by atoms with Crippen molar-refractivity contribution in [1.82, 2.24) is 0 Å². The highest BCUT2D eigenvalue weighted by atomic mass is 28.3. The Balaban J connectivity index is 1.91. The minimum Gasteiger partial charge on any atom is -0.119 e. The van der Waals surface area contributed by atoms with E-state index < -0.39 is 8.07 Å². The van der Waals surface area contributed by atoms with E-state index in [1.807, 2.05) is 0 Å². The van der Waals surface area contributed by atoms with Crippen LogP contribution in [0.1, 0.15) is 39.2 Å². The summed E-state index contributed by atoms with van der Waals surface area (Å²) in [6, 6.07) is 37.1. The molecule has 31 heavy (non-hydrogen) atoms. The third-order valence-electron chi connectivity index (χ3n) is 6.30. The van der Waals surface area contributed by atoms with Crippen molar-refractivity contribution >= 4 is 29.2 Å². The van der Waals surface area contributed by atoms with E-state index in [2.05, 4.69) is 142 Å². The van der Waals surface area contributed by atoms with Gasteiger partial charge in [0.25, 0.3) is 0 Å². The van der Waals surface area contributed by atoms with Crippen molar-refractivity contribution in [1.29, 1.82) is 0 Å². The van der Waals surface area contributed by atoms with Crippen molar-refractivity contribution < 1.29 is 0 Å². The van der Waals surface area contributed by atoms with Crippen LogP contribution in [0.2, 0.25) is 5.04 Å². The lowest BCUT2D eigenvalue weighted by Gasteiger charge is -2.39. The van der Waals surface area contributed by atoms with Gasteiger partial charge in [0.1, 0.15) is 0 Å². The molecule has 0 nitrogen and oxygen atoms in total. The molecule has 0 aromatic heterocycles. The van der Waals surface area contributed by atoms with Crippen LogP contribution in [0.3, 0.4) is 0 Å². The van der Waals surface area contributed by atoms with E-state index in [0.717, 1.165) is 0 Å². The molecule has 0 spiro atoms. The third-order valence-corrected chi connectivity index (χ3v) is 11.5. The Hall–Kier alpha value is -3.08. The van der Waals surface area contributed by atoms with Crippen LogP contribution >= 0.6 is 0 Å². The summed E-state index contributed by atoms with van der Waals surface area (Å²) in [5, 5.41) is 5.38. The van der Waals surface area contributed by atoms with Gasteiger partial charge in [0.05, 0.1) is 0 Å². The number of hydrogen-bond donors (Lipinski definition) is 0. The van der Waals surface area contributed by atoms with E-state index in [1.54, 1.807) is 0 Å². The van der Waals surface area contributed by atoms with E-state index in [0.29, 0.717) is 0 Å². The maximum absolute atomic E-state index is 3.96. The molecule has 154 valence electrons. The first-order valence-corrected chi connectivity index (χ1v) is 13.0. The predicted molar refractivity (Wildman–Crippen MR) is 138 cm³/mol.